The summed E-state index contributed by atoms with van der Waals surface area (Å²) < 4.78 is 0. The summed E-state index contributed by atoms with van der Waals surface area (Å²) in [6.45, 7) is 2.76. The number of nitrogens with one attached hydrogen (secondary N) is 2. The molecule has 1 rings (SSSR count). The van der Waals surface area contributed by atoms with Gasteiger partial charge >= 0.3 is 0 Å². The molecule has 0 heterocycles. The average Bonchev–Trinajstić information content (AvgIpc) is 2.45. The van der Waals surface area contributed by atoms with Crippen LogP contribution in [0.1, 0.15) is 18.9 Å². The fraction of sp³-hybridized carbons (Fsp3) is 0.400. The predicted molar refractivity (Wildman–Crippen MR) is 85.6 cm³/mol. The van der Waals surface area contributed by atoms with Crippen molar-refractivity contribution in [2.75, 3.05) is 32.0 Å². The summed E-state index contributed by atoms with van der Waals surface area (Å²) in [5.74, 6) is -0.442. The van der Waals surface area contributed by atoms with Crippen LogP contribution in [-0.4, -0.2) is 43.4 Å². The predicted octanol–water partition coefficient (Wildman–Crippen LogP) is 1.61. The molecule has 0 saturated heterocycles. The average molecular weight is 323 g/mol. The second-order valence-corrected chi connectivity index (χ2v) is 5.31. The third-order valence-corrected chi connectivity index (χ3v) is 3.01. The molecule has 7 heteroatoms. The number of likely N-dealkylation sites (N-methyl/N-ethyl adjacent to an activating group) is 1. The molecular formula is C15H19ClN4O2. The van der Waals surface area contributed by atoms with E-state index in [1.165, 1.54) is 6.07 Å². The number of nitriles is 1. The molecule has 0 unspecified atom stereocenters. The van der Waals surface area contributed by atoms with Gasteiger partial charge in [-0.3, -0.25) is 14.5 Å². The van der Waals surface area contributed by atoms with E-state index in [-0.39, 0.29) is 24.9 Å². The first kappa shape index (κ1) is 18.0. The molecule has 0 spiro atoms. The fourth-order valence-corrected chi connectivity index (χ4v) is 1.95. The van der Waals surface area contributed by atoms with E-state index in [0.29, 0.717) is 22.8 Å². The number of rotatable bonds is 7. The molecule has 0 aliphatic rings. The first-order valence-corrected chi connectivity index (χ1v) is 7.28. The third kappa shape index (κ3) is 6.12. The lowest BCUT2D eigenvalue weighted by atomic mass is 10.2. The molecule has 118 valence electrons. The summed E-state index contributed by atoms with van der Waals surface area (Å²) in [4.78, 5) is 25.1. The van der Waals surface area contributed by atoms with Gasteiger partial charge in [0.25, 0.3) is 0 Å². The first-order chi connectivity index (χ1) is 10.5. The standard InChI is InChI=1S/C15H19ClN4O2/c1-3-6-18-14(21)9-20(2)10-15(22)19-13-7-12(16)5-4-11(13)8-17/h4-5,7H,3,6,9-10H2,1-2H3,(H,18,21)(H,19,22). The molecule has 0 aromatic heterocycles. The van der Waals surface area contributed by atoms with Crippen LogP contribution in [0.15, 0.2) is 18.2 Å². The van der Waals surface area contributed by atoms with E-state index in [4.69, 9.17) is 16.9 Å². The van der Waals surface area contributed by atoms with Crippen LogP contribution < -0.4 is 10.6 Å². The minimum Gasteiger partial charge on any atom is -0.355 e. The lowest BCUT2D eigenvalue weighted by Crippen LogP contribution is -2.39. The van der Waals surface area contributed by atoms with Gasteiger partial charge in [0.05, 0.1) is 24.3 Å². The van der Waals surface area contributed by atoms with Crippen molar-refractivity contribution in [1.29, 1.82) is 5.26 Å². The van der Waals surface area contributed by atoms with Crippen molar-refractivity contribution in [3.63, 3.8) is 0 Å². The molecule has 1 aromatic carbocycles. The van der Waals surface area contributed by atoms with E-state index in [9.17, 15) is 9.59 Å². The van der Waals surface area contributed by atoms with Gasteiger partial charge in [0.2, 0.25) is 11.8 Å². The summed E-state index contributed by atoms with van der Waals surface area (Å²) >= 11 is 5.86. The van der Waals surface area contributed by atoms with E-state index in [1.54, 1.807) is 24.1 Å². The Bertz CT molecular complexity index is 583. The van der Waals surface area contributed by atoms with Gasteiger partial charge < -0.3 is 10.6 Å². The monoisotopic (exact) mass is 322 g/mol. The zero-order chi connectivity index (χ0) is 16.5. The minimum atomic E-state index is -0.315. The smallest absolute Gasteiger partial charge is 0.238 e. The Morgan fingerprint density at radius 2 is 2.00 bits per heavy atom. The Labute approximate surface area is 135 Å². The van der Waals surface area contributed by atoms with Crippen LogP contribution in [0.2, 0.25) is 5.02 Å². The molecule has 22 heavy (non-hydrogen) atoms. The SMILES string of the molecule is CCCNC(=O)CN(C)CC(=O)Nc1cc(Cl)ccc1C#N. The van der Waals surface area contributed by atoms with Gasteiger partial charge in [0, 0.05) is 11.6 Å². The summed E-state index contributed by atoms with van der Waals surface area (Å²) in [5.41, 5.74) is 0.699. The number of carbonyl (C=O) groups excluding carboxylic acids is 2. The molecular weight excluding hydrogens is 304 g/mol. The second kappa shape index (κ2) is 9.03. The van der Waals surface area contributed by atoms with Crippen molar-refractivity contribution < 1.29 is 9.59 Å². The van der Waals surface area contributed by atoms with E-state index in [0.717, 1.165) is 6.42 Å². The van der Waals surface area contributed by atoms with Gasteiger partial charge in [-0.15, -0.1) is 0 Å². The van der Waals surface area contributed by atoms with Crippen LogP contribution in [0.25, 0.3) is 0 Å². The van der Waals surface area contributed by atoms with Crippen LogP contribution in [0.5, 0.6) is 0 Å². The Balaban J connectivity index is 2.54. The summed E-state index contributed by atoms with van der Waals surface area (Å²) in [6.07, 6.45) is 0.863. The van der Waals surface area contributed by atoms with Gasteiger partial charge in [-0.25, -0.2) is 0 Å². The number of carbonyl (C=O) groups is 2. The third-order valence-electron chi connectivity index (χ3n) is 2.78. The van der Waals surface area contributed by atoms with Gasteiger partial charge in [-0.05, 0) is 31.7 Å². The van der Waals surface area contributed by atoms with E-state index in [2.05, 4.69) is 10.6 Å². The number of amides is 2. The Morgan fingerprint density at radius 3 is 2.64 bits per heavy atom. The summed E-state index contributed by atoms with van der Waals surface area (Å²) in [6, 6.07) is 6.63. The molecule has 1 aromatic rings. The minimum absolute atomic E-state index is 0.0386. The van der Waals surface area contributed by atoms with Crippen molar-refractivity contribution >= 4 is 29.1 Å². The van der Waals surface area contributed by atoms with E-state index < -0.39 is 0 Å². The molecule has 0 aliphatic carbocycles. The van der Waals surface area contributed by atoms with Gasteiger partial charge in [0.15, 0.2) is 0 Å². The zero-order valence-corrected chi connectivity index (χ0v) is 13.4. The highest BCUT2D eigenvalue weighted by atomic mass is 35.5. The molecule has 0 aliphatic heterocycles. The molecule has 2 amide bonds. The summed E-state index contributed by atoms with van der Waals surface area (Å²) in [5, 5.41) is 14.8. The zero-order valence-electron chi connectivity index (χ0n) is 12.6. The maximum atomic E-state index is 12.0. The highest BCUT2D eigenvalue weighted by molar-refractivity contribution is 6.31. The second-order valence-electron chi connectivity index (χ2n) is 4.87. The normalized spacial score (nSPS) is 10.1. The summed E-state index contributed by atoms with van der Waals surface area (Å²) in [7, 11) is 1.67. The molecule has 0 atom stereocenters. The largest absolute Gasteiger partial charge is 0.355 e. The molecule has 0 bridgehead atoms. The van der Waals surface area contributed by atoms with Crippen molar-refractivity contribution in [2.24, 2.45) is 0 Å². The van der Waals surface area contributed by atoms with Gasteiger partial charge in [-0.1, -0.05) is 18.5 Å². The molecule has 2 N–H and O–H groups in total. The van der Waals surface area contributed by atoms with Crippen molar-refractivity contribution in [3.05, 3.63) is 28.8 Å². The van der Waals surface area contributed by atoms with Crippen LogP contribution in [-0.2, 0) is 9.59 Å². The number of hydrogen-bond acceptors (Lipinski definition) is 4. The molecule has 0 radical (unpaired) electrons. The number of hydrogen-bond donors (Lipinski definition) is 2. The van der Waals surface area contributed by atoms with Crippen molar-refractivity contribution in [1.82, 2.24) is 10.2 Å². The maximum absolute atomic E-state index is 12.0. The van der Waals surface area contributed by atoms with Gasteiger partial charge in [-0.2, -0.15) is 5.26 Å². The highest BCUT2D eigenvalue weighted by Crippen LogP contribution is 2.20. The van der Waals surface area contributed by atoms with Crippen LogP contribution >= 0.6 is 11.6 Å². The molecule has 0 saturated carbocycles. The maximum Gasteiger partial charge on any atom is 0.238 e. The Hall–Kier alpha value is -2.10. The molecule has 0 fully saturated rings. The van der Waals surface area contributed by atoms with Crippen molar-refractivity contribution in [2.45, 2.75) is 13.3 Å². The van der Waals surface area contributed by atoms with Crippen LogP contribution in [0.3, 0.4) is 0 Å². The number of nitrogens with zero attached hydrogens (tertiary/aromatic N) is 2. The first-order valence-electron chi connectivity index (χ1n) is 6.91. The molecule has 6 nitrogen and oxygen atoms in total. The number of anilines is 1. The Morgan fingerprint density at radius 1 is 1.32 bits per heavy atom. The highest BCUT2D eigenvalue weighted by Gasteiger charge is 2.12. The van der Waals surface area contributed by atoms with E-state index >= 15 is 0 Å². The lowest BCUT2D eigenvalue weighted by molar-refractivity contribution is -0.122. The van der Waals surface area contributed by atoms with Crippen LogP contribution in [0.4, 0.5) is 5.69 Å². The fourth-order valence-electron chi connectivity index (χ4n) is 1.77. The lowest BCUT2D eigenvalue weighted by Gasteiger charge is -2.16. The van der Waals surface area contributed by atoms with E-state index in [1.807, 2.05) is 13.0 Å². The number of halogens is 1. The quantitative estimate of drug-likeness (QED) is 0.798. The topological polar surface area (TPSA) is 85.2 Å². The Kier molecular flexibility index (Phi) is 7.37. The van der Waals surface area contributed by atoms with Crippen molar-refractivity contribution in [3.8, 4) is 6.07 Å². The van der Waals surface area contributed by atoms with Gasteiger partial charge in [0.1, 0.15) is 6.07 Å². The van der Waals surface area contributed by atoms with Crippen LogP contribution in [0, 0.1) is 11.3 Å². The number of benzene rings is 1.